The minimum Gasteiger partial charge on any atom is -0.504 e. The fraction of sp³-hybridized carbons (Fsp3) is 0.143. The molecular weight excluding hydrogens is 189 g/mol. The van der Waals surface area contributed by atoms with E-state index in [1.807, 2.05) is 0 Å². The molecule has 0 aromatic heterocycles. The molecule has 0 radical (unpaired) electrons. The Morgan fingerprint density at radius 3 is 1.92 bits per heavy atom. The van der Waals surface area contributed by atoms with Gasteiger partial charge < -0.3 is 15.3 Å². The van der Waals surface area contributed by atoms with Gasteiger partial charge in [0.2, 0.25) is 5.75 Å². The highest BCUT2D eigenvalue weighted by Gasteiger charge is 2.35. The van der Waals surface area contributed by atoms with Crippen LogP contribution in [0.5, 0.6) is 17.2 Å². The van der Waals surface area contributed by atoms with Crippen molar-refractivity contribution in [1.82, 2.24) is 0 Å². The Balaban J connectivity index is 3.35. The quantitative estimate of drug-likeness (QED) is 0.552. The molecule has 3 N–H and O–H groups in total. The number of hydrogen-bond acceptors (Lipinski definition) is 3. The highest BCUT2D eigenvalue weighted by Crippen LogP contribution is 2.44. The smallest absolute Gasteiger partial charge is 0.420 e. The second kappa shape index (κ2) is 2.72. The minimum atomic E-state index is -4.75. The molecule has 0 spiro atoms. The third-order valence-electron chi connectivity index (χ3n) is 1.44. The lowest BCUT2D eigenvalue weighted by Gasteiger charge is -2.09. The number of phenols is 3. The average molecular weight is 194 g/mol. The van der Waals surface area contributed by atoms with Crippen LogP contribution in [0.25, 0.3) is 0 Å². The first-order chi connectivity index (χ1) is 5.84. The number of phenolic OH excluding ortho intramolecular Hbond substituents is 3. The lowest BCUT2D eigenvalue weighted by molar-refractivity contribution is -0.138. The lowest BCUT2D eigenvalue weighted by Crippen LogP contribution is -2.04. The largest absolute Gasteiger partial charge is 0.504 e. The number of alkyl halides is 3. The predicted molar refractivity (Wildman–Crippen MR) is 36.4 cm³/mol. The molecule has 0 bridgehead atoms. The summed E-state index contributed by atoms with van der Waals surface area (Å²) >= 11 is 0. The normalized spacial score (nSPS) is 11.6. The molecule has 0 unspecified atom stereocenters. The molecule has 3 nitrogen and oxygen atoms in total. The van der Waals surface area contributed by atoms with Crippen LogP contribution in [0.1, 0.15) is 5.56 Å². The number of benzene rings is 1. The van der Waals surface area contributed by atoms with E-state index in [-0.39, 0.29) is 0 Å². The van der Waals surface area contributed by atoms with E-state index in [9.17, 15) is 13.2 Å². The Labute approximate surface area is 70.7 Å². The summed E-state index contributed by atoms with van der Waals surface area (Å²) in [4.78, 5) is 0. The van der Waals surface area contributed by atoms with Gasteiger partial charge in [-0.3, -0.25) is 0 Å². The molecule has 0 aliphatic carbocycles. The molecule has 0 saturated carbocycles. The van der Waals surface area contributed by atoms with Crippen LogP contribution in [0.4, 0.5) is 13.2 Å². The summed E-state index contributed by atoms with van der Waals surface area (Å²) in [5, 5.41) is 26.2. The monoisotopic (exact) mass is 194 g/mol. The summed E-state index contributed by atoms with van der Waals surface area (Å²) in [6, 6.07) is 1.13. The van der Waals surface area contributed by atoms with Gasteiger partial charge in [0.25, 0.3) is 0 Å². The van der Waals surface area contributed by atoms with Crippen LogP contribution in [0.2, 0.25) is 0 Å². The van der Waals surface area contributed by atoms with E-state index in [1.165, 1.54) is 0 Å². The summed E-state index contributed by atoms with van der Waals surface area (Å²) in [5.41, 5.74) is -1.39. The van der Waals surface area contributed by atoms with E-state index in [1.54, 1.807) is 0 Å². The summed E-state index contributed by atoms with van der Waals surface area (Å²) < 4.78 is 36.0. The minimum absolute atomic E-state index is 0.477. The van der Waals surface area contributed by atoms with Crippen molar-refractivity contribution >= 4 is 0 Å². The van der Waals surface area contributed by atoms with Crippen LogP contribution in [0.15, 0.2) is 12.1 Å². The van der Waals surface area contributed by atoms with E-state index in [0.29, 0.717) is 12.1 Å². The van der Waals surface area contributed by atoms with Crippen molar-refractivity contribution in [3.05, 3.63) is 17.7 Å². The van der Waals surface area contributed by atoms with Crippen LogP contribution in [-0.4, -0.2) is 15.3 Å². The first kappa shape index (κ1) is 9.50. The van der Waals surface area contributed by atoms with Crippen molar-refractivity contribution in [1.29, 1.82) is 0 Å². The van der Waals surface area contributed by atoms with Crippen LogP contribution < -0.4 is 0 Å². The molecule has 6 heteroatoms. The van der Waals surface area contributed by atoms with E-state index >= 15 is 0 Å². The van der Waals surface area contributed by atoms with Crippen molar-refractivity contribution in [2.24, 2.45) is 0 Å². The summed E-state index contributed by atoms with van der Waals surface area (Å²) in [6.45, 7) is 0. The van der Waals surface area contributed by atoms with Gasteiger partial charge in [-0.05, 0) is 12.1 Å². The molecule has 72 valence electrons. The summed E-state index contributed by atoms with van der Waals surface area (Å²) in [7, 11) is 0. The van der Waals surface area contributed by atoms with E-state index in [2.05, 4.69) is 0 Å². The Hall–Kier alpha value is -1.59. The van der Waals surface area contributed by atoms with Gasteiger partial charge in [-0.15, -0.1) is 0 Å². The van der Waals surface area contributed by atoms with Crippen molar-refractivity contribution < 1.29 is 28.5 Å². The van der Waals surface area contributed by atoms with Crippen molar-refractivity contribution in [2.45, 2.75) is 6.18 Å². The van der Waals surface area contributed by atoms with Crippen LogP contribution in [0, 0.1) is 0 Å². The second-order valence-electron chi connectivity index (χ2n) is 2.33. The fourth-order valence-electron chi connectivity index (χ4n) is 0.798. The van der Waals surface area contributed by atoms with Crippen LogP contribution in [0.3, 0.4) is 0 Å². The molecule has 0 aliphatic rings. The van der Waals surface area contributed by atoms with Gasteiger partial charge in [0.1, 0.15) is 5.56 Å². The Morgan fingerprint density at radius 1 is 0.923 bits per heavy atom. The van der Waals surface area contributed by atoms with Gasteiger partial charge in [-0.25, -0.2) is 0 Å². The fourth-order valence-corrected chi connectivity index (χ4v) is 0.798. The zero-order chi connectivity index (χ0) is 10.2. The molecule has 1 rings (SSSR count). The van der Waals surface area contributed by atoms with E-state index in [0.717, 1.165) is 0 Å². The lowest BCUT2D eigenvalue weighted by atomic mass is 10.1. The molecule has 1 aromatic rings. The number of rotatable bonds is 0. The maximum atomic E-state index is 12.0. The first-order valence-electron chi connectivity index (χ1n) is 3.15. The van der Waals surface area contributed by atoms with Crippen molar-refractivity contribution in [3.8, 4) is 17.2 Å². The molecule has 0 saturated heterocycles. The molecule has 0 fully saturated rings. The third-order valence-corrected chi connectivity index (χ3v) is 1.44. The second-order valence-corrected chi connectivity index (χ2v) is 2.33. The zero-order valence-corrected chi connectivity index (χ0v) is 6.13. The highest BCUT2D eigenvalue weighted by atomic mass is 19.4. The maximum Gasteiger partial charge on any atom is 0.420 e. The van der Waals surface area contributed by atoms with Gasteiger partial charge >= 0.3 is 6.18 Å². The van der Waals surface area contributed by atoms with Crippen LogP contribution in [-0.2, 0) is 6.18 Å². The van der Waals surface area contributed by atoms with Crippen molar-refractivity contribution in [3.63, 3.8) is 0 Å². The molecule has 0 heterocycles. The number of hydrogen-bond donors (Lipinski definition) is 3. The van der Waals surface area contributed by atoms with Gasteiger partial charge in [0, 0.05) is 0 Å². The van der Waals surface area contributed by atoms with Gasteiger partial charge in [0.15, 0.2) is 11.5 Å². The Kier molecular flexibility index (Phi) is 1.99. The number of aromatic hydroxyl groups is 3. The summed E-state index contributed by atoms with van der Waals surface area (Å²) in [5.74, 6) is -3.34. The predicted octanol–water partition coefficient (Wildman–Crippen LogP) is 1.82. The first-order valence-corrected chi connectivity index (χ1v) is 3.15. The van der Waals surface area contributed by atoms with Crippen LogP contribution >= 0.6 is 0 Å². The molecule has 0 aliphatic heterocycles. The molecule has 13 heavy (non-hydrogen) atoms. The maximum absolute atomic E-state index is 12.0. The van der Waals surface area contributed by atoms with Crippen molar-refractivity contribution in [2.75, 3.05) is 0 Å². The van der Waals surface area contributed by atoms with Gasteiger partial charge in [0.05, 0.1) is 0 Å². The SMILES string of the molecule is Oc1ccc(C(F)(F)F)c(O)c1O. The zero-order valence-electron chi connectivity index (χ0n) is 6.13. The molecule has 0 atom stereocenters. The topological polar surface area (TPSA) is 60.7 Å². The molecule has 0 amide bonds. The number of halogens is 3. The average Bonchev–Trinajstić information content (AvgIpc) is 1.98. The molecular formula is C7H5F3O3. The highest BCUT2D eigenvalue weighted by molar-refractivity contribution is 5.53. The third kappa shape index (κ3) is 1.61. The van der Waals surface area contributed by atoms with E-state index < -0.39 is 29.0 Å². The van der Waals surface area contributed by atoms with Gasteiger partial charge in [-0.2, -0.15) is 13.2 Å². The molecule has 1 aromatic carbocycles. The Bertz CT molecular complexity index is 332. The standard InChI is InChI=1S/C7H5F3O3/c8-7(9,10)3-1-2-4(11)6(13)5(3)12/h1-2,11-13H. The summed E-state index contributed by atoms with van der Waals surface area (Å²) in [6.07, 6.45) is -4.75. The Morgan fingerprint density at radius 2 is 1.46 bits per heavy atom. The van der Waals surface area contributed by atoms with Gasteiger partial charge in [-0.1, -0.05) is 0 Å². The van der Waals surface area contributed by atoms with E-state index in [4.69, 9.17) is 15.3 Å².